The SMILES string of the molecule is CSc1ccc(C(=O)O[C@@H](Cc2c(Cl)c[n+]([O-])cc2Cl)c2ccc(OC(F)F)c(OCC3CC3)c2)cc1CS(C)(=O)=O. The molecule has 0 aliphatic heterocycles. The van der Waals surface area contributed by atoms with Crippen LogP contribution in [-0.2, 0) is 26.7 Å². The minimum Gasteiger partial charge on any atom is -0.619 e. The third-order valence-electron chi connectivity index (χ3n) is 6.36. The Balaban J connectivity index is 1.72. The Hall–Kier alpha value is -2.80. The first kappa shape index (κ1) is 32.1. The molecular weight excluding hydrogens is 635 g/mol. The van der Waals surface area contributed by atoms with Crippen molar-refractivity contribution < 1.29 is 40.9 Å². The number of alkyl halides is 2. The van der Waals surface area contributed by atoms with E-state index in [9.17, 15) is 27.2 Å². The molecule has 2 aromatic carbocycles. The summed E-state index contributed by atoms with van der Waals surface area (Å²) in [7, 11) is -3.40. The van der Waals surface area contributed by atoms with Gasteiger partial charge in [0.25, 0.3) is 0 Å². The van der Waals surface area contributed by atoms with Gasteiger partial charge < -0.3 is 19.4 Å². The van der Waals surface area contributed by atoms with Gasteiger partial charge in [-0.25, -0.2) is 13.2 Å². The van der Waals surface area contributed by atoms with E-state index in [2.05, 4.69) is 4.74 Å². The molecule has 14 heteroatoms. The van der Waals surface area contributed by atoms with Crippen molar-refractivity contribution in [2.24, 2.45) is 5.92 Å². The van der Waals surface area contributed by atoms with Gasteiger partial charge in [0.05, 0.1) is 17.9 Å². The molecule has 226 valence electrons. The van der Waals surface area contributed by atoms with Gasteiger partial charge in [-0.1, -0.05) is 29.3 Å². The van der Waals surface area contributed by atoms with Crippen LogP contribution >= 0.6 is 35.0 Å². The van der Waals surface area contributed by atoms with Gasteiger partial charge in [0, 0.05) is 23.1 Å². The zero-order valence-electron chi connectivity index (χ0n) is 22.5. The number of rotatable bonds is 13. The highest BCUT2D eigenvalue weighted by molar-refractivity contribution is 7.98. The predicted molar refractivity (Wildman–Crippen MR) is 155 cm³/mol. The number of halogens is 4. The summed E-state index contributed by atoms with van der Waals surface area (Å²) in [6.07, 6.45) is 5.87. The van der Waals surface area contributed by atoms with Crippen LogP contribution < -0.4 is 14.2 Å². The minimum atomic E-state index is -3.40. The van der Waals surface area contributed by atoms with Crippen LogP contribution in [0.1, 0.15) is 46.0 Å². The van der Waals surface area contributed by atoms with Crippen LogP contribution in [0.2, 0.25) is 10.0 Å². The van der Waals surface area contributed by atoms with Crippen molar-refractivity contribution in [2.45, 2.75) is 42.6 Å². The number of aromatic nitrogens is 1. The molecule has 0 bridgehead atoms. The Morgan fingerprint density at radius 2 is 1.81 bits per heavy atom. The fourth-order valence-corrected chi connectivity index (χ4v) is 6.25. The van der Waals surface area contributed by atoms with Crippen LogP contribution in [0.3, 0.4) is 0 Å². The Morgan fingerprint density at radius 1 is 1.12 bits per heavy atom. The van der Waals surface area contributed by atoms with Crippen molar-refractivity contribution in [2.75, 3.05) is 19.1 Å². The van der Waals surface area contributed by atoms with E-state index < -0.39 is 28.5 Å². The van der Waals surface area contributed by atoms with Gasteiger partial charge in [-0.2, -0.15) is 13.5 Å². The van der Waals surface area contributed by atoms with Crippen LogP contribution in [0.15, 0.2) is 53.7 Å². The fourth-order valence-electron chi connectivity index (χ4n) is 4.16. The van der Waals surface area contributed by atoms with Gasteiger partial charge >= 0.3 is 12.6 Å². The highest BCUT2D eigenvalue weighted by Crippen LogP contribution is 2.38. The number of benzene rings is 2. The second-order valence-electron chi connectivity index (χ2n) is 9.83. The van der Waals surface area contributed by atoms with E-state index in [1.807, 2.05) is 0 Å². The summed E-state index contributed by atoms with van der Waals surface area (Å²) in [4.78, 5) is 14.1. The van der Waals surface area contributed by atoms with Crippen LogP contribution in [0.5, 0.6) is 11.5 Å². The standard InChI is InChI=1S/C28H27Cl2F2NO7S2/c1-41-26-8-6-18(9-19(26)15-42(2,36)37)27(34)39-24(11-20-21(29)12-33(35)13-22(20)30)17-5-7-23(40-28(31)32)25(10-17)38-14-16-3-4-16/h5-10,12-13,16,24,28H,3-4,11,14-15H2,1-2H3/t24-/m0/s1. The Labute approximate surface area is 256 Å². The monoisotopic (exact) mass is 661 g/mol. The van der Waals surface area contributed by atoms with Crippen molar-refractivity contribution in [3.8, 4) is 11.5 Å². The van der Waals surface area contributed by atoms with Gasteiger partial charge in [0.2, 0.25) is 0 Å². The lowest BCUT2D eigenvalue weighted by Crippen LogP contribution is -2.25. The molecule has 3 aromatic rings. The molecule has 0 amide bonds. The molecule has 0 saturated heterocycles. The zero-order valence-corrected chi connectivity index (χ0v) is 25.7. The highest BCUT2D eigenvalue weighted by atomic mass is 35.5. The third-order valence-corrected chi connectivity index (χ3v) is 8.68. The number of esters is 1. The summed E-state index contributed by atoms with van der Waals surface area (Å²) in [5.41, 5.74) is 1.21. The topological polar surface area (TPSA) is 106 Å². The molecule has 1 fully saturated rings. The summed E-state index contributed by atoms with van der Waals surface area (Å²) >= 11 is 14.0. The number of hydrogen-bond acceptors (Lipinski definition) is 8. The molecule has 0 spiro atoms. The van der Waals surface area contributed by atoms with Crippen LogP contribution in [0, 0.1) is 11.1 Å². The van der Waals surface area contributed by atoms with E-state index >= 15 is 0 Å². The first-order valence-corrected chi connectivity index (χ1v) is 16.7. The van der Waals surface area contributed by atoms with Crippen LogP contribution in [0.25, 0.3) is 0 Å². The largest absolute Gasteiger partial charge is 0.619 e. The molecule has 4 rings (SSSR count). The first-order valence-electron chi connectivity index (χ1n) is 12.7. The first-order chi connectivity index (χ1) is 19.8. The molecular formula is C28H27Cl2F2NO7S2. The van der Waals surface area contributed by atoms with Crippen molar-refractivity contribution in [3.63, 3.8) is 0 Å². The van der Waals surface area contributed by atoms with Crippen LogP contribution in [-0.4, -0.2) is 40.1 Å². The smallest absolute Gasteiger partial charge is 0.387 e. The lowest BCUT2D eigenvalue weighted by Gasteiger charge is -2.22. The molecule has 0 unspecified atom stereocenters. The maximum atomic E-state index is 13.4. The fraction of sp³-hybridized carbons (Fsp3) is 0.357. The Bertz CT molecular complexity index is 1550. The lowest BCUT2D eigenvalue weighted by atomic mass is 10.0. The predicted octanol–water partition coefficient (Wildman–Crippen LogP) is 6.42. The Kier molecular flexibility index (Phi) is 10.4. The molecule has 1 atom stereocenters. The number of pyridine rings is 1. The van der Waals surface area contributed by atoms with Gasteiger partial charge in [-0.05, 0) is 66.5 Å². The molecule has 1 saturated carbocycles. The second-order valence-corrected chi connectivity index (χ2v) is 13.6. The van der Waals surface area contributed by atoms with Crippen molar-refractivity contribution >= 4 is 50.8 Å². The summed E-state index contributed by atoms with van der Waals surface area (Å²) in [6.45, 7) is -2.78. The quantitative estimate of drug-likeness (QED) is 0.0894. The van der Waals surface area contributed by atoms with Crippen molar-refractivity contribution in [1.29, 1.82) is 0 Å². The summed E-state index contributed by atoms with van der Waals surface area (Å²) in [5, 5.41) is 11.9. The average Bonchev–Trinajstić information content (AvgIpc) is 3.72. The second kappa shape index (κ2) is 13.7. The molecule has 1 heterocycles. The number of sulfone groups is 1. The summed E-state index contributed by atoms with van der Waals surface area (Å²) in [5.74, 6) is -0.875. The highest BCUT2D eigenvalue weighted by Gasteiger charge is 2.27. The maximum Gasteiger partial charge on any atom is 0.387 e. The number of ether oxygens (including phenoxy) is 3. The molecule has 0 radical (unpaired) electrons. The summed E-state index contributed by atoms with van der Waals surface area (Å²) in [6, 6.07) is 8.80. The molecule has 42 heavy (non-hydrogen) atoms. The van der Waals surface area contributed by atoms with E-state index in [1.165, 1.54) is 42.1 Å². The number of hydrogen-bond donors (Lipinski definition) is 0. The number of nitrogens with zero attached hydrogens (tertiary/aromatic N) is 1. The van der Waals surface area contributed by atoms with E-state index in [1.54, 1.807) is 12.3 Å². The van der Waals surface area contributed by atoms with Crippen molar-refractivity contribution in [1.82, 2.24) is 0 Å². The number of thioether (sulfide) groups is 1. The van der Waals surface area contributed by atoms with Gasteiger partial charge in [0.15, 0.2) is 33.7 Å². The van der Waals surface area contributed by atoms with E-state index in [0.717, 1.165) is 31.5 Å². The summed E-state index contributed by atoms with van der Waals surface area (Å²) < 4.78 is 66.9. The van der Waals surface area contributed by atoms with E-state index in [0.29, 0.717) is 38.8 Å². The molecule has 1 aromatic heterocycles. The number of carbonyl (C=O) groups is 1. The lowest BCUT2D eigenvalue weighted by molar-refractivity contribution is -0.605. The molecule has 0 N–H and O–H groups in total. The molecule has 1 aliphatic carbocycles. The van der Waals surface area contributed by atoms with Gasteiger partial charge in [-0.3, -0.25) is 0 Å². The van der Waals surface area contributed by atoms with Gasteiger partial charge in [-0.15, -0.1) is 11.8 Å². The number of carbonyl (C=O) groups excluding carboxylic acids is 1. The Morgan fingerprint density at radius 3 is 2.40 bits per heavy atom. The average molecular weight is 663 g/mol. The third kappa shape index (κ3) is 8.85. The minimum absolute atomic E-state index is 0.0289. The normalized spacial score (nSPS) is 14.1. The van der Waals surface area contributed by atoms with E-state index in [4.69, 9.17) is 32.7 Å². The van der Waals surface area contributed by atoms with Crippen molar-refractivity contribution in [3.05, 3.63) is 86.3 Å². The van der Waals surface area contributed by atoms with Gasteiger partial charge in [0.1, 0.15) is 16.1 Å². The zero-order chi connectivity index (χ0) is 30.6. The van der Waals surface area contributed by atoms with Crippen LogP contribution in [0.4, 0.5) is 8.78 Å². The molecule has 8 nitrogen and oxygen atoms in total. The maximum absolute atomic E-state index is 13.4. The van der Waals surface area contributed by atoms with E-state index in [-0.39, 0.29) is 39.3 Å². The molecule has 1 aliphatic rings.